The average Bonchev–Trinajstić information content (AvgIpc) is 3.18. The number of nitrogens with two attached hydrogens (primary N) is 1. The molecule has 2 aliphatic rings. The van der Waals surface area contributed by atoms with E-state index in [9.17, 15) is 0 Å². The maximum Gasteiger partial charge on any atom is 0.206 e. The van der Waals surface area contributed by atoms with E-state index in [1.807, 2.05) is 35.8 Å². The van der Waals surface area contributed by atoms with Gasteiger partial charge in [0, 0.05) is 23.0 Å². The van der Waals surface area contributed by atoms with Gasteiger partial charge in [-0.05, 0) is 53.6 Å². The van der Waals surface area contributed by atoms with Crippen LogP contribution in [0.3, 0.4) is 0 Å². The highest BCUT2D eigenvalue weighted by Crippen LogP contribution is 2.32. The Hall–Kier alpha value is -1.11. The van der Waals surface area contributed by atoms with Crippen LogP contribution in [0.15, 0.2) is 58.4 Å². The van der Waals surface area contributed by atoms with E-state index in [1.54, 1.807) is 23.7 Å². The van der Waals surface area contributed by atoms with E-state index in [2.05, 4.69) is 51.3 Å². The molecule has 0 spiro atoms. The highest BCUT2D eigenvalue weighted by atomic mass is 79.9. The van der Waals surface area contributed by atoms with Crippen molar-refractivity contribution in [3.63, 3.8) is 0 Å². The first-order valence-electron chi connectivity index (χ1n) is 7.15. The molecule has 0 saturated carbocycles. The van der Waals surface area contributed by atoms with Crippen LogP contribution in [-0.4, -0.2) is 34.7 Å². The molecule has 2 aliphatic carbocycles. The molecule has 3 rings (SSSR count). The Balaban J connectivity index is 0.000000260. The van der Waals surface area contributed by atoms with Gasteiger partial charge < -0.3 is 5.73 Å². The van der Waals surface area contributed by atoms with Gasteiger partial charge in [0.25, 0.3) is 0 Å². The minimum atomic E-state index is 0.522. The van der Waals surface area contributed by atoms with Crippen LogP contribution in [0.2, 0.25) is 0 Å². The van der Waals surface area contributed by atoms with Crippen molar-refractivity contribution in [3.05, 3.63) is 48.5 Å². The molecule has 0 fully saturated rings. The van der Waals surface area contributed by atoms with E-state index in [0.717, 1.165) is 16.8 Å². The van der Waals surface area contributed by atoms with Crippen LogP contribution in [-0.2, 0) is 0 Å². The summed E-state index contributed by atoms with van der Waals surface area (Å²) < 4.78 is 1.88. The maximum atomic E-state index is 5.91. The first-order valence-corrected chi connectivity index (χ1v) is 10.4. The van der Waals surface area contributed by atoms with Gasteiger partial charge in [-0.15, -0.1) is 11.8 Å². The molecule has 2 N–H and O–H groups in total. The van der Waals surface area contributed by atoms with E-state index >= 15 is 0 Å². The molecule has 6 heteroatoms. The summed E-state index contributed by atoms with van der Waals surface area (Å²) in [6, 6.07) is 16.5. The average molecular weight is 410 g/mol. The number of benzene rings is 2. The number of hydrogen-bond donors (Lipinski definition) is 1. The Bertz CT molecular complexity index is 659. The van der Waals surface area contributed by atoms with E-state index < -0.39 is 0 Å². The van der Waals surface area contributed by atoms with Crippen LogP contribution in [0, 0.1) is 0 Å². The third kappa shape index (κ3) is 6.12. The van der Waals surface area contributed by atoms with Gasteiger partial charge in [0.05, 0.1) is 5.69 Å². The van der Waals surface area contributed by atoms with Gasteiger partial charge in [-0.25, -0.2) is 4.99 Å². The van der Waals surface area contributed by atoms with Gasteiger partial charge in [0.2, 0.25) is 5.96 Å². The quantitative estimate of drug-likeness (QED) is 0.211. The third-order valence-electron chi connectivity index (χ3n) is 3.09. The van der Waals surface area contributed by atoms with Crippen molar-refractivity contribution in [2.45, 2.75) is 4.90 Å². The van der Waals surface area contributed by atoms with Crippen LogP contribution in [0.1, 0.15) is 0 Å². The highest BCUT2D eigenvalue weighted by Gasteiger charge is 2.07. The van der Waals surface area contributed by atoms with Crippen LogP contribution in [0.4, 0.5) is 5.69 Å². The minimum Gasteiger partial charge on any atom is -0.369 e. The molecule has 3 nitrogen and oxygen atoms in total. The number of thioether (sulfide) groups is 1. The molecule has 1 aromatic carbocycles. The zero-order valence-electron chi connectivity index (χ0n) is 13.2. The third-order valence-corrected chi connectivity index (χ3v) is 5.70. The molecule has 0 amide bonds. The lowest BCUT2D eigenvalue weighted by atomic mass is 10.3. The smallest absolute Gasteiger partial charge is 0.206 e. The number of alkyl halides is 1. The normalized spacial score (nSPS) is 11.5. The molecule has 0 aromatic heterocycles. The number of rotatable bonds is 5. The Morgan fingerprint density at radius 1 is 1.17 bits per heavy atom. The number of guanidine groups is 1. The fourth-order valence-electron chi connectivity index (χ4n) is 1.80. The lowest BCUT2D eigenvalue weighted by Crippen LogP contribution is -2.28. The number of nitrogens with zero attached hydrogens (tertiary/aromatic N) is 2. The first-order chi connectivity index (χ1) is 11.1. The predicted octanol–water partition coefficient (Wildman–Crippen LogP) is 5.00. The van der Waals surface area contributed by atoms with Gasteiger partial charge in [-0.3, -0.25) is 4.31 Å². The molecule has 0 bridgehead atoms. The van der Waals surface area contributed by atoms with Crippen molar-refractivity contribution in [2.24, 2.45) is 10.7 Å². The summed E-state index contributed by atoms with van der Waals surface area (Å²) in [7, 11) is 1.92. The number of aliphatic imine (C=N–C) groups is 1. The van der Waals surface area contributed by atoms with Crippen molar-refractivity contribution >= 4 is 51.3 Å². The number of halogens is 1. The molecule has 0 saturated heterocycles. The van der Waals surface area contributed by atoms with E-state index in [4.69, 9.17) is 5.73 Å². The van der Waals surface area contributed by atoms with Crippen molar-refractivity contribution < 1.29 is 0 Å². The van der Waals surface area contributed by atoms with Crippen molar-refractivity contribution in [1.29, 1.82) is 0 Å². The fourth-order valence-corrected chi connectivity index (χ4v) is 3.20. The molecule has 23 heavy (non-hydrogen) atoms. The van der Waals surface area contributed by atoms with E-state index in [-0.39, 0.29) is 0 Å². The summed E-state index contributed by atoms with van der Waals surface area (Å²) in [4.78, 5) is 5.58. The van der Waals surface area contributed by atoms with Crippen molar-refractivity contribution in [1.82, 2.24) is 4.31 Å². The van der Waals surface area contributed by atoms with E-state index in [1.165, 1.54) is 16.0 Å². The summed E-state index contributed by atoms with van der Waals surface area (Å²) in [5.41, 5.74) is 9.66. The predicted molar refractivity (Wildman–Crippen MR) is 109 cm³/mol. The van der Waals surface area contributed by atoms with Crippen molar-refractivity contribution in [2.75, 3.05) is 24.4 Å². The Labute approximate surface area is 155 Å². The highest BCUT2D eigenvalue weighted by molar-refractivity contribution is 9.09. The standard InChI is InChI=1S/C11H16BrN3S2.C6H4/c1-15(17-7-6-12)11(13)14-9-4-3-5-10(8-9)16-2;1-2-5-4-6(5)3-1/h3-5,8H,6-7H2,1-2H3,(H2,13,14);1-4H. The monoisotopic (exact) mass is 409 g/mol. The van der Waals surface area contributed by atoms with Crippen LogP contribution >= 0.6 is 39.6 Å². The van der Waals surface area contributed by atoms with Crippen LogP contribution in [0.25, 0.3) is 11.1 Å². The minimum absolute atomic E-state index is 0.522. The fraction of sp³-hybridized carbons (Fsp3) is 0.235. The Morgan fingerprint density at radius 3 is 2.39 bits per heavy atom. The zero-order chi connectivity index (χ0) is 16.7. The molecular weight excluding hydrogens is 390 g/mol. The van der Waals surface area contributed by atoms with Gasteiger partial charge in [0.1, 0.15) is 0 Å². The summed E-state index contributed by atoms with van der Waals surface area (Å²) in [5.74, 6) is 1.49. The van der Waals surface area contributed by atoms with Crippen molar-refractivity contribution in [3.8, 4) is 11.1 Å². The van der Waals surface area contributed by atoms with Crippen LogP contribution in [0.5, 0.6) is 0 Å². The van der Waals surface area contributed by atoms with E-state index in [0.29, 0.717) is 5.96 Å². The second-order valence-corrected chi connectivity index (χ2v) is 7.66. The van der Waals surface area contributed by atoms with Gasteiger partial charge in [-0.1, -0.05) is 40.2 Å². The molecule has 1 aromatic rings. The second-order valence-electron chi connectivity index (χ2n) is 4.77. The largest absolute Gasteiger partial charge is 0.369 e. The SMILES string of the molecule is CSc1cccc(N=C(N)N(C)SCCBr)c1.c1cc2cc-2c1. The second kappa shape index (κ2) is 9.25. The molecule has 122 valence electrons. The number of fused-ring (bicyclic) bond motifs is 1. The molecule has 0 atom stereocenters. The lowest BCUT2D eigenvalue weighted by molar-refractivity contribution is 0.829. The lowest BCUT2D eigenvalue weighted by Gasteiger charge is -2.15. The molecule has 0 aliphatic heterocycles. The topological polar surface area (TPSA) is 41.6 Å². The Kier molecular flexibility index (Phi) is 7.33. The molecular formula is C17H20BrN3S2. The molecule has 0 unspecified atom stereocenters. The van der Waals surface area contributed by atoms with Gasteiger partial charge in [-0.2, -0.15) is 0 Å². The molecule has 0 radical (unpaired) electrons. The summed E-state index contributed by atoms with van der Waals surface area (Å²) in [6.07, 6.45) is 2.05. The zero-order valence-corrected chi connectivity index (χ0v) is 16.4. The van der Waals surface area contributed by atoms with Crippen LogP contribution < -0.4 is 5.73 Å². The summed E-state index contributed by atoms with van der Waals surface area (Å²) >= 11 is 6.72. The Morgan fingerprint density at radius 2 is 1.87 bits per heavy atom. The summed E-state index contributed by atoms with van der Waals surface area (Å²) in [5, 5.41) is 0.942. The van der Waals surface area contributed by atoms with Gasteiger partial charge in [0.15, 0.2) is 0 Å². The first kappa shape index (κ1) is 18.2. The molecule has 0 heterocycles. The summed E-state index contributed by atoms with van der Waals surface area (Å²) in [6.45, 7) is 0. The number of hydrogen-bond acceptors (Lipinski definition) is 3. The van der Waals surface area contributed by atoms with Gasteiger partial charge >= 0.3 is 0 Å². The maximum absolute atomic E-state index is 5.91.